The number of hydrogen-bond acceptors (Lipinski definition) is 4. The monoisotopic (exact) mass is 370 g/mol. The third-order valence-corrected chi connectivity index (χ3v) is 7.04. The predicted octanol–water partition coefficient (Wildman–Crippen LogP) is 2.76. The van der Waals surface area contributed by atoms with Crippen LogP contribution in [0.2, 0.25) is 0 Å². The summed E-state index contributed by atoms with van der Waals surface area (Å²) < 4.78 is 11.6. The molecule has 0 radical (unpaired) electrons. The van der Waals surface area contributed by atoms with Gasteiger partial charge >= 0.3 is 0 Å². The molecule has 1 aliphatic carbocycles. The molecule has 1 N–H and O–H groups in total. The lowest BCUT2D eigenvalue weighted by Crippen LogP contribution is -2.45. The third kappa shape index (κ3) is 3.36. The van der Waals surface area contributed by atoms with Crippen molar-refractivity contribution >= 4 is 5.91 Å². The Morgan fingerprint density at radius 1 is 1.15 bits per heavy atom. The van der Waals surface area contributed by atoms with Crippen LogP contribution in [0.4, 0.5) is 0 Å². The van der Waals surface area contributed by atoms with Crippen molar-refractivity contribution in [3.05, 3.63) is 29.8 Å². The van der Waals surface area contributed by atoms with Crippen molar-refractivity contribution in [1.29, 1.82) is 0 Å². The van der Waals surface area contributed by atoms with Gasteiger partial charge < -0.3 is 14.8 Å². The van der Waals surface area contributed by atoms with E-state index in [-0.39, 0.29) is 17.7 Å². The van der Waals surface area contributed by atoms with E-state index in [0.717, 1.165) is 57.7 Å². The van der Waals surface area contributed by atoms with Gasteiger partial charge in [0.25, 0.3) is 0 Å². The van der Waals surface area contributed by atoms with E-state index in [2.05, 4.69) is 28.4 Å². The van der Waals surface area contributed by atoms with Crippen LogP contribution in [-0.2, 0) is 9.53 Å². The molecule has 146 valence electrons. The highest BCUT2D eigenvalue weighted by atomic mass is 16.5. The highest BCUT2D eigenvalue weighted by Crippen LogP contribution is 2.48. The largest absolute Gasteiger partial charge is 0.493 e. The highest BCUT2D eigenvalue weighted by molar-refractivity contribution is 5.80. The lowest BCUT2D eigenvalue weighted by atomic mass is 9.84. The minimum absolute atomic E-state index is 0.0313. The first-order valence-electron chi connectivity index (χ1n) is 10.6. The van der Waals surface area contributed by atoms with Crippen molar-refractivity contribution in [2.24, 2.45) is 17.8 Å². The van der Waals surface area contributed by atoms with Gasteiger partial charge in [-0.15, -0.1) is 0 Å². The van der Waals surface area contributed by atoms with Crippen molar-refractivity contribution in [2.45, 2.75) is 44.2 Å². The maximum Gasteiger partial charge on any atom is 0.225 e. The Bertz CT molecular complexity index is 684. The molecule has 0 bridgehead atoms. The minimum Gasteiger partial charge on any atom is -0.493 e. The number of benzene rings is 1. The first-order valence-corrected chi connectivity index (χ1v) is 10.6. The SMILES string of the molecule is O=C(NC1CCC1)[C@@H]1CN(CC2CCOCC2)[C@H]2c3ccccc3OC[C@@H]12. The first-order chi connectivity index (χ1) is 13.3. The Balaban J connectivity index is 1.38. The van der Waals surface area contributed by atoms with Crippen molar-refractivity contribution in [2.75, 3.05) is 32.9 Å². The highest BCUT2D eigenvalue weighted by Gasteiger charge is 2.49. The summed E-state index contributed by atoms with van der Waals surface area (Å²) in [7, 11) is 0. The van der Waals surface area contributed by atoms with E-state index in [9.17, 15) is 4.79 Å². The van der Waals surface area contributed by atoms with Gasteiger partial charge in [-0.05, 0) is 44.1 Å². The summed E-state index contributed by atoms with van der Waals surface area (Å²) in [5, 5.41) is 3.30. The molecule has 1 aromatic carbocycles. The Hall–Kier alpha value is -1.59. The molecule has 4 aliphatic rings. The van der Waals surface area contributed by atoms with Crippen LogP contribution in [0.15, 0.2) is 24.3 Å². The summed E-state index contributed by atoms with van der Waals surface area (Å²) in [6, 6.07) is 9.10. The van der Waals surface area contributed by atoms with Crippen LogP contribution < -0.4 is 10.1 Å². The number of likely N-dealkylation sites (tertiary alicyclic amines) is 1. The molecule has 5 nitrogen and oxygen atoms in total. The normalized spacial score (nSPS) is 31.5. The lowest BCUT2D eigenvalue weighted by Gasteiger charge is -2.36. The molecular weight excluding hydrogens is 340 g/mol. The summed E-state index contributed by atoms with van der Waals surface area (Å²) in [4.78, 5) is 15.6. The number of amides is 1. The first kappa shape index (κ1) is 17.5. The number of nitrogens with one attached hydrogen (secondary N) is 1. The molecule has 27 heavy (non-hydrogen) atoms. The molecule has 0 aromatic heterocycles. The predicted molar refractivity (Wildman–Crippen MR) is 103 cm³/mol. The van der Waals surface area contributed by atoms with Gasteiger partial charge in [-0.2, -0.15) is 0 Å². The zero-order valence-corrected chi connectivity index (χ0v) is 15.9. The topological polar surface area (TPSA) is 50.8 Å². The zero-order chi connectivity index (χ0) is 18.2. The van der Waals surface area contributed by atoms with Gasteiger partial charge in [-0.1, -0.05) is 18.2 Å². The average Bonchev–Trinajstić information content (AvgIpc) is 3.04. The fourth-order valence-corrected chi connectivity index (χ4v) is 5.26. The quantitative estimate of drug-likeness (QED) is 0.885. The van der Waals surface area contributed by atoms with Gasteiger partial charge in [0.15, 0.2) is 0 Å². The van der Waals surface area contributed by atoms with Crippen molar-refractivity contribution in [3.63, 3.8) is 0 Å². The van der Waals surface area contributed by atoms with Gasteiger partial charge in [0, 0.05) is 49.9 Å². The van der Waals surface area contributed by atoms with Crippen LogP contribution in [0.3, 0.4) is 0 Å². The summed E-state index contributed by atoms with van der Waals surface area (Å²) in [5.74, 6) is 2.19. The lowest BCUT2D eigenvalue weighted by molar-refractivity contribution is -0.127. The second-order valence-corrected chi connectivity index (χ2v) is 8.71. The van der Waals surface area contributed by atoms with Crippen molar-refractivity contribution in [3.8, 4) is 5.75 Å². The van der Waals surface area contributed by atoms with E-state index in [1.807, 2.05) is 6.07 Å². The minimum atomic E-state index is 0.0313. The number of fused-ring (bicyclic) bond motifs is 3. The smallest absolute Gasteiger partial charge is 0.225 e. The standard InChI is InChI=1S/C22H30N2O3/c25-22(23-16-4-3-5-16)18-13-24(12-15-8-10-26-11-9-15)21-17-6-1-2-7-20(17)27-14-19(18)21/h1-2,6-7,15-16,18-19,21H,3-5,8-14H2,(H,23,25)/t18-,19+,21+/m1/s1. The van der Waals surface area contributed by atoms with Gasteiger partial charge in [0.05, 0.1) is 12.5 Å². The number of hydrogen-bond donors (Lipinski definition) is 1. The third-order valence-electron chi connectivity index (χ3n) is 7.04. The molecule has 1 saturated carbocycles. The second-order valence-electron chi connectivity index (χ2n) is 8.71. The molecule has 3 atom stereocenters. The van der Waals surface area contributed by atoms with E-state index in [1.165, 1.54) is 12.0 Å². The number of para-hydroxylation sites is 1. The number of ether oxygens (including phenoxy) is 2. The van der Waals surface area contributed by atoms with Crippen LogP contribution >= 0.6 is 0 Å². The van der Waals surface area contributed by atoms with Crippen LogP contribution in [0, 0.1) is 17.8 Å². The summed E-state index contributed by atoms with van der Waals surface area (Å²) in [6.07, 6.45) is 5.78. The van der Waals surface area contributed by atoms with Gasteiger partial charge in [-0.25, -0.2) is 0 Å². The molecule has 3 heterocycles. The van der Waals surface area contributed by atoms with E-state index in [4.69, 9.17) is 9.47 Å². The van der Waals surface area contributed by atoms with E-state index in [1.54, 1.807) is 0 Å². The molecule has 3 aliphatic heterocycles. The molecule has 3 fully saturated rings. The maximum absolute atomic E-state index is 13.0. The van der Waals surface area contributed by atoms with Crippen LogP contribution in [0.1, 0.15) is 43.7 Å². The van der Waals surface area contributed by atoms with Crippen molar-refractivity contribution in [1.82, 2.24) is 10.2 Å². The Kier molecular flexibility index (Phi) is 4.82. The molecule has 5 heteroatoms. The molecule has 0 spiro atoms. The van der Waals surface area contributed by atoms with Crippen LogP contribution in [0.5, 0.6) is 5.75 Å². The summed E-state index contributed by atoms with van der Waals surface area (Å²) >= 11 is 0. The molecule has 0 unspecified atom stereocenters. The fraction of sp³-hybridized carbons (Fsp3) is 0.682. The molecule has 1 amide bonds. The number of carbonyl (C=O) groups is 1. The molecule has 2 saturated heterocycles. The summed E-state index contributed by atoms with van der Waals surface area (Å²) in [6.45, 7) is 4.31. The number of rotatable bonds is 4. The number of nitrogens with zero attached hydrogens (tertiary/aromatic N) is 1. The van der Waals surface area contributed by atoms with Gasteiger partial charge in [0.2, 0.25) is 5.91 Å². The van der Waals surface area contributed by atoms with Crippen LogP contribution in [-0.4, -0.2) is 49.8 Å². The molecule has 5 rings (SSSR count). The van der Waals surface area contributed by atoms with E-state index < -0.39 is 0 Å². The Morgan fingerprint density at radius 2 is 1.96 bits per heavy atom. The summed E-state index contributed by atoms with van der Waals surface area (Å²) in [5.41, 5.74) is 1.26. The Labute approximate surface area is 161 Å². The fourth-order valence-electron chi connectivity index (χ4n) is 5.26. The average molecular weight is 370 g/mol. The van der Waals surface area contributed by atoms with E-state index >= 15 is 0 Å². The Morgan fingerprint density at radius 3 is 2.74 bits per heavy atom. The second kappa shape index (κ2) is 7.44. The molecular formula is C22H30N2O3. The maximum atomic E-state index is 13.0. The van der Waals surface area contributed by atoms with Gasteiger partial charge in [-0.3, -0.25) is 9.69 Å². The van der Waals surface area contributed by atoms with Crippen LogP contribution in [0.25, 0.3) is 0 Å². The van der Waals surface area contributed by atoms with Crippen molar-refractivity contribution < 1.29 is 14.3 Å². The number of carbonyl (C=O) groups excluding carboxylic acids is 1. The van der Waals surface area contributed by atoms with E-state index in [0.29, 0.717) is 24.6 Å². The molecule has 1 aromatic rings. The van der Waals surface area contributed by atoms with Gasteiger partial charge in [0.1, 0.15) is 5.75 Å². The zero-order valence-electron chi connectivity index (χ0n) is 15.9.